The van der Waals surface area contributed by atoms with Gasteiger partial charge in [0.2, 0.25) is 0 Å². The van der Waals surface area contributed by atoms with Gasteiger partial charge in [-0.3, -0.25) is 0 Å². The Bertz CT molecular complexity index is 427. The first-order valence-corrected chi connectivity index (χ1v) is 6.55. The number of aliphatic hydroxyl groups is 1. The van der Waals surface area contributed by atoms with Gasteiger partial charge in [0, 0.05) is 13.1 Å². The first kappa shape index (κ1) is 15.7. The summed E-state index contributed by atoms with van der Waals surface area (Å²) in [5, 5.41) is 22.2. The van der Waals surface area contributed by atoms with Gasteiger partial charge in [-0.15, -0.1) is 0 Å². The number of nitrogens with one attached hydrogen (secondary N) is 1. The molecule has 0 saturated carbocycles. The van der Waals surface area contributed by atoms with Crippen LogP contribution in [0.1, 0.15) is 43.1 Å². The minimum Gasteiger partial charge on any atom is -0.478 e. The molecule has 1 unspecified atom stereocenters. The van der Waals surface area contributed by atoms with E-state index in [1.165, 1.54) is 0 Å². The quantitative estimate of drug-likeness (QED) is 0.707. The van der Waals surface area contributed by atoms with Crippen LogP contribution in [0.15, 0.2) is 24.3 Å². The number of carbonyl (C=O) groups is 1. The van der Waals surface area contributed by atoms with E-state index in [4.69, 9.17) is 5.11 Å². The van der Waals surface area contributed by atoms with Crippen molar-refractivity contribution in [2.24, 2.45) is 5.92 Å². The van der Waals surface area contributed by atoms with Crippen LogP contribution in [-0.2, 0) is 6.54 Å². The number of benzene rings is 1. The van der Waals surface area contributed by atoms with E-state index in [9.17, 15) is 9.90 Å². The Hall–Kier alpha value is -1.39. The highest BCUT2D eigenvalue weighted by Gasteiger charge is 2.21. The third-order valence-electron chi connectivity index (χ3n) is 2.86. The van der Waals surface area contributed by atoms with E-state index in [1.807, 2.05) is 13.0 Å². The molecular formula is C15H23NO3. The molecule has 0 saturated heterocycles. The lowest BCUT2D eigenvalue weighted by atomic mass is 9.94. The zero-order valence-corrected chi connectivity index (χ0v) is 11.8. The zero-order chi connectivity index (χ0) is 14.5. The second-order valence-electron chi connectivity index (χ2n) is 5.70. The highest BCUT2D eigenvalue weighted by atomic mass is 16.4. The summed E-state index contributed by atoms with van der Waals surface area (Å²) in [4.78, 5) is 10.8. The summed E-state index contributed by atoms with van der Waals surface area (Å²) in [5.41, 5.74) is 0.451. The molecule has 1 aromatic rings. The standard InChI is InChI=1S/C15H23NO3/c1-11(2)8-15(3,19)10-16-9-12-5-4-6-13(7-12)14(17)18/h4-7,11,16,19H,8-10H2,1-3H3,(H,17,18). The van der Waals surface area contributed by atoms with E-state index >= 15 is 0 Å². The Kier molecular flexibility index (Phi) is 5.51. The van der Waals surface area contributed by atoms with Gasteiger partial charge in [0.05, 0.1) is 11.2 Å². The van der Waals surface area contributed by atoms with Crippen LogP contribution in [0.4, 0.5) is 0 Å². The van der Waals surface area contributed by atoms with Crippen LogP contribution in [0.2, 0.25) is 0 Å². The molecule has 3 N–H and O–H groups in total. The highest BCUT2D eigenvalue weighted by Crippen LogP contribution is 2.15. The second-order valence-corrected chi connectivity index (χ2v) is 5.70. The lowest BCUT2D eigenvalue weighted by Gasteiger charge is -2.25. The van der Waals surface area contributed by atoms with Crippen molar-refractivity contribution in [3.8, 4) is 0 Å². The van der Waals surface area contributed by atoms with Gasteiger partial charge < -0.3 is 15.5 Å². The van der Waals surface area contributed by atoms with Gasteiger partial charge >= 0.3 is 5.97 Å². The number of carboxylic acid groups (broad SMARTS) is 1. The van der Waals surface area contributed by atoms with Crippen molar-refractivity contribution in [3.05, 3.63) is 35.4 Å². The van der Waals surface area contributed by atoms with Crippen molar-refractivity contribution in [2.45, 2.75) is 39.3 Å². The highest BCUT2D eigenvalue weighted by molar-refractivity contribution is 5.87. The van der Waals surface area contributed by atoms with E-state index < -0.39 is 11.6 Å². The summed E-state index contributed by atoms with van der Waals surface area (Å²) in [6, 6.07) is 6.82. The maximum Gasteiger partial charge on any atom is 0.335 e. The van der Waals surface area contributed by atoms with Crippen molar-refractivity contribution in [2.75, 3.05) is 6.54 Å². The second kappa shape index (κ2) is 6.68. The Morgan fingerprint density at radius 1 is 1.42 bits per heavy atom. The fraction of sp³-hybridized carbons (Fsp3) is 0.533. The van der Waals surface area contributed by atoms with E-state index in [-0.39, 0.29) is 5.56 Å². The minimum atomic E-state index is -0.923. The van der Waals surface area contributed by atoms with Crippen LogP contribution < -0.4 is 5.32 Å². The first-order valence-electron chi connectivity index (χ1n) is 6.55. The molecule has 0 spiro atoms. The summed E-state index contributed by atoms with van der Waals surface area (Å²) >= 11 is 0. The van der Waals surface area contributed by atoms with Crippen molar-refractivity contribution in [1.82, 2.24) is 5.32 Å². The Balaban J connectivity index is 2.49. The lowest BCUT2D eigenvalue weighted by Crippen LogP contribution is -2.38. The molecular weight excluding hydrogens is 242 g/mol. The minimum absolute atomic E-state index is 0.285. The maximum atomic E-state index is 10.8. The summed E-state index contributed by atoms with van der Waals surface area (Å²) in [6.07, 6.45) is 0.731. The molecule has 0 radical (unpaired) electrons. The largest absolute Gasteiger partial charge is 0.478 e. The van der Waals surface area contributed by atoms with Crippen LogP contribution in [-0.4, -0.2) is 28.3 Å². The van der Waals surface area contributed by atoms with E-state index in [1.54, 1.807) is 18.2 Å². The lowest BCUT2D eigenvalue weighted by molar-refractivity contribution is 0.0383. The topological polar surface area (TPSA) is 69.6 Å². The summed E-state index contributed by atoms with van der Waals surface area (Å²) in [5.74, 6) is -0.485. The number of carboxylic acids is 1. The summed E-state index contributed by atoms with van der Waals surface area (Å²) in [6.45, 7) is 7.00. The molecule has 0 aliphatic rings. The Morgan fingerprint density at radius 2 is 2.11 bits per heavy atom. The van der Waals surface area contributed by atoms with Gasteiger partial charge in [-0.1, -0.05) is 26.0 Å². The van der Waals surface area contributed by atoms with E-state index in [0.29, 0.717) is 19.0 Å². The van der Waals surface area contributed by atoms with Crippen LogP contribution in [0, 0.1) is 5.92 Å². The van der Waals surface area contributed by atoms with Crippen molar-refractivity contribution in [3.63, 3.8) is 0 Å². The Labute approximate surface area is 114 Å². The monoisotopic (exact) mass is 265 g/mol. The fourth-order valence-electron chi connectivity index (χ4n) is 2.24. The molecule has 0 fully saturated rings. The van der Waals surface area contributed by atoms with Crippen molar-refractivity contribution in [1.29, 1.82) is 0 Å². The predicted octanol–water partition coefficient (Wildman–Crippen LogP) is 2.27. The van der Waals surface area contributed by atoms with Gasteiger partial charge in [0.25, 0.3) is 0 Å². The van der Waals surface area contributed by atoms with E-state index in [2.05, 4.69) is 19.2 Å². The normalized spacial score (nSPS) is 14.4. The van der Waals surface area contributed by atoms with Gasteiger partial charge in [0.15, 0.2) is 0 Å². The van der Waals surface area contributed by atoms with Gasteiger partial charge in [-0.2, -0.15) is 0 Å². The van der Waals surface area contributed by atoms with Gasteiger partial charge in [-0.05, 0) is 37.0 Å². The maximum absolute atomic E-state index is 10.8. The molecule has 1 atom stereocenters. The van der Waals surface area contributed by atoms with Crippen LogP contribution in [0.5, 0.6) is 0 Å². The number of rotatable bonds is 7. The molecule has 106 valence electrons. The zero-order valence-electron chi connectivity index (χ0n) is 11.8. The molecule has 4 heteroatoms. The molecule has 0 heterocycles. The van der Waals surface area contributed by atoms with Gasteiger partial charge in [-0.25, -0.2) is 4.79 Å². The average molecular weight is 265 g/mol. The molecule has 1 aromatic carbocycles. The molecule has 0 aromatic heterocycles. The van der Waals surface area contributed by atoms with Crippen LogP contribution in [0.3, 0.4) is 0 Å². The van der Waals surface area contributed by atoms with Crippen LogP contribution >= 0.6 is 0 Å². The smallest absolute Gasteiger partial charge is 0.335 e. The van der Waals surface area contributed by atoms with Gasteiger partial charge in [0.1, 0.15) is 0 Å². The molecule has 0 amide bonds. The van der Waals surface area contributed by atoms with Crippen LogP contribution in [0.25, 0.3) is 0 Å². The summed E-state index contributed by atoms with van der Waals surface area (Å²) in [7, 11) is 0. The average Bonchev–Trinajstić information content (AvgIpc) is 2.27. The molecule has 19 heavy (non-hydrogen) atoms. The van der Waals surface area contributed by atoms with Crippen molar-refractivity contribution >= 4 is 5.97 Å². The fourth-order valence-corrected chi connectivity index (χ4v) is 2.24. The third kappa shape index (κ3) is 5.85. The first-order chi connectivity index (χ1) is 8.80. The number of hydrogen-bond donors (Lipinski definition) is 3. The summed E-state index contributed by atoms with van der Waals surface area (Å²) < 4.78 is 0. The molecule has 1 rings (SSSR count). The number of aromatic carboxylic acids is 1. The van der Waals surface area contributed by atoms with Crippen molar-refractivity contribution < 1.29 is 15.0 Å². The molecule has 0 aliphatic heterocycles. The molecule has 4 nitrogen and oxygen atoms in total. The molecule has 0 aliphatic carbocycles. The Morgan fingerprint density at radius 3 is 2.68 bits per heavy atom. The SMILES string of the molecule is CC(C)CC(C)(O)CNCc1cccc(C(=O)O)c1. The van der Waals surface area contributed by atoms with E-state index in [0.717, 1.165) is 12.0 Å². The third-order valence-corrected chi connectivity index (χ3v) is 2.86. The predicted molar refractivity (Wildman–Crippen MR) is 75.2 cm³/mol. The number of hydrogen-bond acceptors (Lipinski definition) is 3. The molecule has 0 bridgehead atoms.